The molecule has 1 fully saturated rings. The van der Waals surface area contributed by atoms with E-state index in [-0.39, 0.29) is 21.9 Å². The summed E-state index contributed by atoms with van der Waals surface area (Å²) in [6, 6.07) is 3.96. The molecule has 1 saturated heterocycles. The summed E-state index contributed by atoms with van der Waals surface area (Å²) >= 11 is 2.89. The van der Waals surface area contributed by atoms with E-state index in [0.29, 0.717) is 6.61 Å². The van der Waals surface area contributed by atoms with Crippen LogP contribution in [-0.2, 0) is 11.0 Å². The van der Waals surface area contributed by atoms with Crippen LogP contribution in [0.4, 0.5) is 13.2 Å². The van der Waals surface area contributed by atoms with Gasteiger partial charge in [0.1, 0.15) is 6.61 Å². The van der Waals surface area contributed by atoms with Crippen molar-refractivity contribution in [3.8, 4) is 0 Å². The molecular formula is C14H15BrF3N3O. The van der Waals surface area contributed by atoms with Gasteiger partial charge in [-0.2, -0.15) is 13.2 Å². The van der Waals surface area contributed by atoms with Crippen molar-refractivity contribution in [2.45, 2.75) is 25.1 Å². The summed E-state index contributed by atoms with van der Waals surface area (Å²) in [6.07, 6.45) is -2.40. The van der Waals surface area contributed by atoms with E-state index in [2.05, 4.69) is 38.1 Å². The van der Waals surface area contributed by atoms with Crippen molar-refractivity contribution in [3.05, 3.63) is 33.8 Å². The molecule has 1 aliphatic rings. The first-order valence-electron chi connectivity index (χ1n) is 6.69. The number of aliphatic imine (C=N–C) groups is 1. The minimum Gasteiger partial charge on any atom is -0.392 e. The third-order valence-electron chi connectivity index (χ3n) is 3.27. The van der Waals surface area contributed by atoms with E-state index in [1.165, 1.54) is 12.1 Å². The summed E-state index contributed by atoms with van der Waals surface area (Å²) in [7, 11) is 0. The Kier molecular flexibility index (Phi) is 5.57. The fourth-order valence-corrected chi connectivity index (χ4v) is 2.61. The van der Waals surface area contributed by atoms with Crippen LogP contribution in [0, 0.1) is 0 Å². The molecule has 0 spiro atoms. The Hall–Kier alpha value is -1.41. The van der Waals surface area contributed by atoms with Crippen LogP contribution in [0.3, 0.4) is 0 Å². The number of halogens is 4. The van der Waals surface area contributed by atoms with E-state index < -0.39 is 11.7 Å². The van der Waals surface area contributed by atoms with E-state index in [1.807, 2.05) is 0 Å². The molecule has 0 radical (unpaired) electrons. The summed E-state index contributed by atoms with van der Waals surface area (Å²) < 4.78 is 38.7. The number of benzene rings is 1. The van der Waals surface area contributed by atoms with Crippen LogP contribution in [0.5, 0.6) is 0 Å². The van der Waals surface area contributed by atoms with Gasteiger partial charge in [0.2, 0.25) is 0 Å². The minimum absolute atomic E-state index is 0.0241. The lowest BCUT2D eigenvalue weighted by molar-refractivity contribution is -0.138. The third-order valence-corrected chi connectivity index (χ3v) is 3.96. The van der Waals surface area contributed by atoms with Gasteiger partial charge in [0.15, 0.2) is 5.84 Å². The van der Waals surface area contributed by atoms with Crippen molar-refractivity contribution in [2.75, 3.05) is 13.2 Å². The molecule has 120 valence electrons. The zero-order chi connectivity index (χ0) is 16.2. The summed E-state index contributed by atoms with van der Waals surface area (Å²) in [5.74, 6) is 0.0241. The Labute approximate surface area is 134 Å². The second-order valence-corrected chi connectivity index (χ2v) is 5.71. The maximum absolute atomic E-state index is 12.9. The van der Waals surface area contributed by atoms with Crippen LogP contribution in [-0.4, -0.2) is 31.7 Å². The van der Waals surface area contributed by atoms with Crippen LogP contribution in [0.15, 0.2) is 32.8 Å². The van der Waals surface area contributed by atoms with Crippen molar-refractivity contribution in [1.82, 2.24) is 5.32 Å². The molecule has 1 aromatic rings. The Morgan fingerprint density at radius 2 is 2.23 bits per heavy atom. The average Bonchev–Trinajstić information content (AvgIpc) is 2.96. The highest BCUT2D eigenvalue weighted by molar-refractivity contribution is 9.10. The molecule has 0 aliphatic carbocycles. The molecule has 0 bridgehead atoms. The third kappa shape index (κ3) is 4.30. The zero-order valence-corrected chi connectivity index (χ0v) is 13.2. The van der Waals surface area contributed by atoms with Gasteiger partial charge in [0.25, 0.3) is 0 Å². The fraction of sp³-hybridized carbons (Fsp3) is 0.429. The molecular weight excluding hydrogens is 363 g/mol. The number of nitrogens with one attached hydrogen (secondary N) is 1. The number of hydrogen-bond acceptors (Lipinski definition) is 3. The SMILES string of the molecule is C=N/C(=N\OCC1CCCN1)c1ccc(Br)c(C(F)(F)F)c1. The predicted molar refractivity (Wildman–Crippen MR) is 82.2 cm³/mol. The van der Waals surface area contributed by atoms with E-state index >= 15 is 0 Å². The monoisotopic (exact) mass is 377 g/mol. The van der Waals surface area contributed by atoms with Crippen molar-refractivity contribution in [1.29, 1.82) is 0 Å². The number of hydrogen-bond donors (Lipinski definition) is 1. The second-order valence-electron chi connectivity index (χ2n) is 4.85. The van der Waals surface area contributed by atoms with Gasteiger partial charge in [0.05, 0.1) is 5.56 Å². The summed E-state index contributed by atoms with van der Waals surface area (Å²) in [5.41, 5.74) is -0.594. The Bertz CT molecular complexity index is 569. The standard InChI is InChI=1S/C14H15BrF3N3O/c1-19-13(21-22-8-10-3-2-6-20-10)9-4-5-12(15)11(7-9)14(16,17)18/h4-5,7,10,20H,1-3,6,8H2/b21-13-. The molecule has 22 heavy (non-hydrogen) atoms. The minimum atomic E-state index is -4.46. The van der Waals surface area contributed by atoms with Crippen molar-refractivity contribution in [3.63, 3.8) is 0 Å². The first kappa shape index (κ1) is 17.0. The number of alkyl halides is 3. The quantitative estimate of drug-likeness (QED) is 0.495. The zero-order valence-electron chi connectivity index (χ0n) is 11.7. The van der Waals surface area contributed by atoms with Crippen molar-refractivity contribution >= 4 is 28.5 Å². The number of oxime groups is 1. The van der Waals surface area contributed by atoms with E-state index in [0.717, 1.165) is 25.5 Å². The number of amidine groups is 1. The number of nitrogens with zero attached hydrogens (tertiary/aromatic N) is 2. The molecule has 1 atom stereocenters. The van der Waals surface area contributed by atoms with Crippen molar-refractivity contribution < 1.29 is 18.0 Å². The molecule has 4 nitrogen and oxygen atoms in total. The highest BCUT2D eigenvalue weighted by Gasteiger charge is 2.33. The normalized spacial score (nSPS) is 19.3. The van der Waals surface area contributed by atoms with Crippen LogP contribution in [0.2, 0.25) is 0 Å². The van der Waals surface area contributed by atoms with Gasteiger partial charge in [-0.05, 0) is 44.3 Å². The lowest BCUT2D eigenvalue weighted by Crippen LogP contribution is -2.26. The molecule has 1 N–H and O–H groups in total. The van der Waals surface area contributed by atoms with Gasteiger partial charge < -0.3 is 10.2 Å². The van der Waals surface area contributed by atoms with Gasteiger partial charge in [-0.3, -0.25) is 0 Å². The molecule has 0 amide bonds. The van der Waals surface area contributed by atoms with Gasteiger partial charge in [0, 0.05) is 16.1 Å². The molecule has 1 aromatic carbocycles. The Balaban J connectivity index is 2.14. The summed E-state index contributed by atoms with van der Waals surface area (Å²) in [4.78, 5) is 8.83. The van der Waals surface area contributed by atoms with Crippen molar-refractivity contribution in [2.24, 2.45) is 10.1 Å². The maximum Gasteiger partial charge on any atom is 0.417 e. The molecule has 2 rings (SSSR count). The Morgan fingerprint density at radius 1 is 1.45 bits per heavy atom. The Morgan fingerprint density at radius 3 is 2.82 bits per heavy atom. The maximum atomic E-state index is 12.9. The van der Waals surface area contributed by atoms with Crippen LogP contribution >= 0.6 is 15.9 Å². The molecule has 1 unspecified atom stereocenters. The summed E-state index contributed by atoms with van der Waals surface area (Å²) in [6.45, 7) is 4.62. The second kappa shape index (κ2) is 7.23. The predicted octanol–water partition coefficient (Wildman–Crippen LogP) is 3.60. The fourth-order valence-electron chi connectivity index (χ4n) is 2.14. The van der Waals surface area contributed by atoms with Crippen LogP contribution < -0.4 is 5.32 Å². The van der Waals surface area contributed by atoms with E-state index in [9.17, 15) is 13.2 Å². The lowest BCUT2D eigenvalue weighted by Gasteiger charge is -2.11. The first-order chi connectivity index (χ1) is 10.4. The van der Waals surface area contributed by atoms with E-state index in [4.69, 9.17) is 4.84 Å². The molecule has 0 aromatic heterocycles. The van der Waals surface area contributed by atoms with Gasteiger partial charge >= 0.3 is 6.18 Å². The highest BCUT2D eigenvalue weighted by atomic mass is 79.9. The van der Waals surface area contributed by atoms with Gasteiger partial charge in [-0.25, -0.2) is 4.99 Å². The smallest absolute Gasteiger partial charge is 0.392 e. The lowest BCUT2D eigenvalue weighted by atomic mass is 10.1. The van der Waals surface area contributed by atoms with E-state index in [1.54, 1.807) is 0 Å². The first-order valence-corrected chi connectivity index (χ1v) is 7.48. The summed E-state index contributed by atoms with van der Waals surface area (Å²) in [5, 5.41) is 7.02. The molecule has 0 saturated carbocycles. The molecule has 8 heteroatoms. The van der Waals surface area contributed by atoms with Gasteiger partial charge in [-0.15, -0.1) is 0 Å². The molecule has 1 aliphatic heterocycles. The topological polar surface area (TPSA) is 46.0 Å². The number of rotatable bonds is 4. The highest BCUT2D eigenvalue weighted by Crippen LogP contribution is 2.35. The average molecular weight is 378 g/mol. The van der Waals surface area contributed by atoms with Crippen LogP contribution in [0.25, 0.3) is 0 Å². The van der Waals surface area contributed by atoms with Gasteiger partial charge in [-0.1, -0.05) is 21.1 Å². The largest absolute Gasteiger partial charge is 0.417 e. The van der Waals surface area contributed by atoms with Crippen LogP contribution in [0.1, 0.15) is 24.0 Å². The molecule has 1 heterocycles.